The van der Waals surface area contributed by atoms with Crippen LogP contribution in [0.3, 0.4) is 0 Å². The molecule has 9 heteroatoms. The van der Waals surface area contributed by atoms with Gasteiger partial charge in [-0.3, -0.25) is 9.79 Å². The third-order valence-corrected chi connectivity index (χ3v) is 7.05. The summed E-state index contributed by atoms with van der Waals surface area (Å²) in [6.07, 6.45) is 7.01. The number of ether oxygens (including phenoxy) is 4. The van der Waals surface area contributed by atoms with Crippen molar-refractivity contribution in [2.45, 2.75) is 37.5 Å². The number of carbonyl (C=O) groups excluding carboxylic acids is 3. The Kier molecular flexibility index (Phi) is 14.5. The number of rotatable bonds is 18. The van der Waals surface area contributed by atoms with Gasteiger partial charge >= 0.3 is 11.9 Å². The third kappa shape index (κ3) is 12.3. The standard InChI is InChI=1S/C35H37NO7S/c1-4-33(37)42-22-8-6-20-40-29-14-10-27(11-15-29)25-36-32-19-18-31(24-26(32)3)44-35(39)28-12-16-30(17-13-28)41-21-7-9-23-43-34(38)5-2/h4-5,10-19,24-25H,1-2,6-9,20-23H2,3H3/b36-25+. The molecule has 3 aromatic carbocycles. The van der Waals surface area contributed by atoms with E-state index in [1.165, 1.54) is 11.8 Å². The van der Waals surface area contributed by atoms with Crippen molar-refractivity contribution in [1.29, 1.82) is 0 Å². The first kappa shape index (κ1) is 33.9. The van der Waals surface area contributed by atoms with Gasteiger partial charge in [0.1, 0.15) is 11.5 Å². The van der Waals surface area contributed by atoms with Gasteiger partial charge in [0, 0.05) is 28.8 Å². The van der Waals surface area contributed by atoms with Gasteiger partial charge in [0.05, 0.1) is 32.1 Å². The molecule has 0 aromatic heterocycles. The summed E-state index contributed by atoms with van der Waals surface area (Å²) in [5.74, 6) is 0.597. The molecule has 44 heavy (non-hydrogen) atoms. The van der Waals surface area contributed by atoms with Gasteiger partial charge in [-0.25, -0.2) is 9.59 Å². The Bertz CT molecular complexity index is 1430. The number of thioether (sulfide) groups is 1. The molecule has 0 radical (unpaired) electrons. The molecular formula is C35H37NO7S. The Hall–Kier alpha value is -4.63. The monoisotopic (exact) mass is 615 g/mol. The summed E-state index contributed by atoms with van der Waals surface area (Å²) >= 11 is 1.17. The highest BCUT2D eigenvalue weighted by molar-refractivity contribution is 8.14. The fraction of sp³-hybridized carbons (Fsp3) is 0.257. The molecule has 0 N–H and O–H groups in total. The summed E-state index contributed by atoms with van der Waals surface area (Å²) in [4.78, 5) is 40.3. The Morgan fingerprint density at radius 2 is 1.25 bits per heavy atom. The van der Waals surface area contributed by atoms with Gasteiger partial charge in [-0.1, -0.05) is 13.2 Å². The molecule has 0 spiro atoms. The van der Waals surface area contributed by atoms with Crippen LogP contribution in [0.2, 0.25) is 0 Å². The molecule has 3 rings (SSSR count). The van der Waals surface area contributed by atoms with E-state index in [-0.39, 0.29) is 5.12 Å². The van der Waals surface area contributed by atoms with E-state index in [0.29, 0.717) is 44.2 Å². The molecule has 0 fully saturated rings. The summed E-state index contributed by atoms with van der Waals surface area (Å²) in [7, 11) is 0. The van der Waals surface area contributed by atoms with E-state index in [9.17, 15) is 14.4 Å². The molecule has 0 aliphatic rings. The van der Waals surface area contributed by atoms with E-state index in [1.807, 2.05) is 49.4 Å². The van der Waals surface area contributed by atoms with Crippen molar-refractivity contribution in [3.05, 3.63) is 109 Å². The molecule has 0 saturated heterocycles. The highest BCUT2D eigenvalue weighted by Gasteiger charge is 2.10. The maximum atomic E-state index is 12.8. The molecule has 0 unspecified atom stereocenters. The minimum atomic E-state index is -0.426. The maximum absolute atomic E-state index is 12.8. The molecule has 230 valence electrons. The van der Waals surface area contributed by atoms with E-state index in [2.05, 4.69) is 18.2 Å². The van der Waals surface area contributed by atoms with Crippen molar-refractivity contribution in [3.8, 4) is 11.5 Å². The molecule has 0 amide bonds. The lowest BCUT2D eigenvalue weighted by molar-refractivity contribution is -0.138. The van der Waals surface area contributed by atoms with Crippen molar-refractivity contribution in [1.82, 2.24) is 0 Å². The van der Waals surface area contributed by atoms with Crippen LogP contribution in [0.1, 0.15) is 47.2 Å². The van der Waals surface area contributed by atoms with Crippen LogP contribution in [-0.4, -0.2) is 49.7 Å². The van der Waals surface area contributed by atoms with Crippen LogP contribution < -0.4 is 9.47 Å². The van der Waals surface area contributed by atoms with E-state index < -0.39 is 11.9 Å². The van der Waals surface area contributed by atoms with Crippen molar-refractivity contribution in [2.24, 2.45) is 4.99 Å². The predicted octanol–water partition coefficient (Wildman–Crippen LogP) is 7.45. The van der Waals surface area contributed by atoms with E-state index >= 15 is 0 Å². The molecule has 0 atom stereocenters. The fourth-order valence-electron chi connectivity index (χ4n) is 3.74. The number of esters is 2. The van der Waals surface area contributed by atoms with Crippen LogP contribution in [-0.2, 0) is 19.1 Å². The lowest BCUT2D eigenvalue weighted by atomic mass is 10.2. The van der Waals surface area contributed by atoms with Crippen LogP contribution >= 0.6 is 11.8 Å². The average molecular weight is 616 g/mol. The number of hydrogen-bond donors (Lipinski definition) is 0. The van der Waals surface area contributed by atoms with Gasteiger partial charge < -0.3 is 18.9 Å². The van der Waals surface area contributed by atoms with Gasteiger partial charge in [0.15, 0.2) is 0 Å². The highest BCUT2D eigenvalue weighted by Crippen LogP contribution is 2.29. The Morgan fingerprint density at radius 1 is 0.727 bits per heavy atom. The zero-order chi connectivity index (χ0) is 31.6. The van der Waals surface area contributed by atoms with Gasteiger partial charge in [0.25, 0.3) is 0 Å². The van der Waals surface area contributed by atoms with Gasteiger partial charge in [-0.05, 0) is 122 Å². The van der Waals surface area contributed by atoms with Crippen molar-refractivity contribution in [2.75, 3.05) is 26.4 Å². The first-order valence-corrected chi connectivity index (χ1v) is 15.1. The molecule has 0 bridgehead atoms. The number of hydrogen-bond acceptors (Lipinski definition) is 9. The number of benzene rings is 3. The summed E-state index contributed by atoms with van der Waals surface area (Å²) in [5, 5.41) is -0.0605. The molecule has 0 heterocycles. The van der Waals surface area contributed by atoms with Crippen LogP contribution in [0.5, 0.6) is 11.5 Å². The van der Waals surface area contributed by atoms with Crippen molar-refractivity contribution < 1.29 is 33.3 Å². The zero-order valence-corrected chi connectivity index (χ0v) is 25.7. The van der Waals surface area contributed by atoms with E-state index in [1.54, 1.807) is 30.5 Å². The van der Waals surface area contributed by atoms with Crippen LogP contribution in [0.15, 0.2) is 102 Å². The SMILES string of the molecule is C=CC(=O)OCCCCOc1ccc(/C=N/c2ccc(SC(=O)c3ccc(OCCCCOC(=O)C=C)cc3)cc2C)cc1. The second kappa shape index (κ2) is 18.8. The first-order chi connectivity index (χ1) is 21.4. The van der Waals surface area contributed by atoms with Crippen LogP contribution in [0.25, 0.3) is 0 Å². The molecule has 3 aromatic rings. The summed E-state index contributed by atoms with van der Waals surface area (Å²) in [6, 6.07) is 20.5. The minimum absolute atomic E-state index is 0.0605. The topological polar surface area (TPSA) is 100 Å². The van der Waals surface area contributed by atoms with Crippen molar-refractivity contribution >= 4 is 40.7 Å². The summed E-state index contributed by atoms with van der Waals surface area (Å²) < 4.78 is 21.3. The van der Waals surface area contributed by atoms with E-state index in [4.69, 9.17) is 18.9 Å². The lowest BCUT2D eigenvalue weighted by Crippen LogP contribution is -2.04. The third-order valence-electron chi connectivity index (χ3n) is 6.14. The second-order valence-corrected chi connectivity index (χ2v) is 10.6. The fourth-order valence-corrected chi connectivity index (χ4v) is 4.58. The van der Waals surface area contributed by atoms with Crippen molar-refractivity contribution in [3.63, 3.8) is 0 Å². The largest absolute Gasteiger partial charge is 0.494 e. The summed E-state index contributed by atoms with van der Waals surface area (Å²) in [6.45, 7) is 10.4. The smallest absolute Gasteiger partial charge is 0.330 e. The lowest BCUT2D eigenvalue weighted by Gasteiger charge is -2.08. The molecule has 0 aliphatic heterocycles. The average Bonchev–Trinajstić information content (AvgIpc) is 3.04. The molecule has 0 saturated carbocycles. The normalized spacial score (nSPS) is 10.7. The van der Waals surface area contributed by atoms with Gasteiger partial charge in [-0.2, -0.15) is 0 Å². The Morgan fingerprint density at radius 3 is 1.77 bits per heavy atom. The number of unbranched alkanes of at least 4 members (excludes halogenated alkanes) is 2. The molecule has 8 nitrogen and oxygen atoms in total. The molecular weight excluding hydrogens is 578 g/mol. The predicted molar refractivity (Wildman–Crippen MR) is 173 cm³/mol. The molecule has 0 aliphatic carbocycles. The summed E-state index contributed by atoms with van der Waals surface area (Å²) in [5.41, 5.74) is 3.29. The van der Waals surface area contributed by atoms with Gasteiger partial charge in [-0.15, -0.1) is 0 Å². The number of aryl methyl sites for hydroxylation is 1. The number of carbonyl (C=O) groups is 3. The minimum Gasteiger partial charge on any atom is -0.494 e. The van der Waals surface area contributed by atoms with Gasteiger partial charge in [0.2, 0.25) is 5.12 Å². The quantitative estimate of drug-likeness (QED) is 0.0478. The first-order valence-electron chi connectivity index (χ1n) is 14.3. The Labute approximate surface area is 262 Å². The maximum Gasteiger partial charge on any atom is 0.330 e. The zero-order valence-electron chi connectivity index (χ0n) is 24.9. The highest BCUT2D eigenvalue weighted by atomic mass is 32.2. The number of nitrogens with zero attached hydrogens (tertiary/aromatic N) is 1. The second-order valence-electron chi connectivity index (χ2n) is 9.54. The number of aliphatic imine (C=N–C) groups is 1. The van der Waals surface area contributed by atoms with Crippen LogP contribution in [0, 0.1) is 6.92 Å². The van der Waals surface area contributed by atoms with Crippen LogP contribution in [0.4, 0.5) is 5.69 Å². The van der Waals surface area contributed by atoms with E-state index in [0.717, 1.165) is 58.9 Å². The Balaban J connectivity index is 1.41.